The maximum Gasteiger partial charge on any atom is 0.127 e. The van der Waals surface area contributed by atoms with Crippen LogP contribution in [0.3, 0.4) is 0 Å². The third-order valence-electron chi connectivity index (χ3n) is 12.8. The molecule has 7 aromatic rings. The molecule has 0 amide bonds. The number of unbranched alkanes of at least 4 members (excludes halogenated alkanes) is 10. The fraction of sp³-hybridized carbons (Fsp3) is 0.229. The SMILES string of the molecule is CCCCCCCCOc1cc(/C=C/c2ccc(/C=C/c3ccc(/C=C/c4ccccc4)cc3)cc2)c(OCCCCCCCC)cc1/C=C/c1ccc(/C=C/c2ccc(/C=C/c3ccccc3)cc2)cc1. The van der Waals surface area contributed by atoms with Crippen molar-refractivity contribution in [3.8, 4) is 11.5 Å². The van der Waals surface area contributed by atoms with Crippen LogP contribution in [-0.2, 0) is 0 Å². The third kappa shape index (κ3) is 18.7. The predicted molar refractivity (Wildman–Crippen MR) is 316 cm³/mol. The van der Waals surface area contributed by atoms with Crippen molar-refractivity contribution in [1.29, 1.82) is 0 Å². The largest absolute Gasteiger partial charge is 0.493 e. The van der Waals surface area contributed by atoms with E-state index in [0.29, 0.717) is 13.2 Å². The van der Waals surface area contributed by atoms with Gasteiger partial charge in [0.25, 0.3) is 0 Å². The molecule has 0 saturated heterocycles. The second kappa shape index (κ2) is 30.3. The van der Waals surface area contributed by atoms with Gasteiger partial charge in [0.2, 0.25) is 0 Å². The van der Waals surface area contributed by atoms with Gasteiger partial charge in [-0.15, -0.1) is 0 Å². The van der Waals surface area contributed by atoms with Gasteiger partial charge in [0.05, 0.1) is 13.2 Å². The van der Waals surface area contributed by atoms with Crippen molar-refractivity contribution in [3.63, 3.8) is 0 Å². The van der Waals surface area contributed by atoms with Crippen LogP contribution >= 0.6 is 0 Å². The van der Waals surface area contributed by atoms with Crippen LogP contribution in [0, 0.1) is 0 Å². The second-order valence-corrected chi connectivity index (χ2v) is 18.6. The molecule has 0 N–H and O–H groups in total. The van der Waals surface area contributed by atoms with Crippen molar-refractivity contribution < 1.29 is 9.47 Å². The molecule has 0 aliphatic heterocycles. The first-order valence-corrected chi connectivity index (χ1v) is 26.6. The Hall–Kier alpha value is -7.42. The molecule has 0 radical (unpaired) electrons. The molecule has 0 atom stereocenters. The highest BCUT2D eigenvalue weighted by atomic mass is 16.5. The van der Waals surface area contributed by atoms with Gasteiger partial charge in [-0.3, -0.25) is 0 Å². The Morgan fingerprint density at radius 1 is 0.250 bits per heavy atom. The molecule has 7 rings (SSSR count). The Morgan fingerprint density at radius 3 is 0.736 bits per heavy atom. The highest BCUT2D eigenvalue weighted by Gasteiger charge is 2.11. The monoisotopic (exact) mass is 947 g/mol. The van der Waals surface area contributed by atoms with Gasteiger partial charge in [-0.05, 0) is 80.6 Å². The van der Waals surface area contributed by atoms with Crippen LogP contribution in [0.5, 0.6) is 11.5 Å². The highest BCUT2D eigenvalue weighted by Crippen LogP contribution is 2.33. The molecule has 2 nitrogen and oxygen atoms in total. The number of ether oxygens (including phenoxy) is 2. The van der Waals surface area contributed by atoms with Gasteiger partial charge in [-0.1, -0.05) is 309 Å². The van der Waals surface area contributed by atoms with E-state index in [9.17, 15) is 0 Å². The minimum atomic E-state index is 0.687. The van der Waals surface area contributed by atoms with E-state index in [4.69, 9.17) is 9.47 Å². The molecule has 0 heterocycles. The fourth-order valence-corrected chi connectivity index (χ4v) is 8.37. The molecule has 0 aromatic heterocycles. The average Bonchev–Trinajstić information content (AvgIpc) is 3.43. The molecule has 0 spiro atoms. The van der Waals surface area contributed by atoms with Gasteiger partial charge in [-0.25, -0.2) is 0 Å². The number of hydrogen-bond donors (Lipinski definition) is 0. The van der Waals surface area contributed by atoms with E-state index in [1.807, 2.05) is 12.1 Å². The third-order valence-corrected chi connectivity index (χ3v) is 12.8. The highest BCUT2D eigenvalue weighted by molar-refractivity contribution is 5.80. The van der Waals surface area contributed by atoms with Crippen LogP contribution in [-0.4, -0.2) is 13.2 Å². The summed E-state index contributed by atoms with van der Waals surface area (Å²) >= 11 is 0. The molecule has 0 unspecified atom stereocenters. The zero-order valence-corrected chi connectivity index (χ0v) is 42.8. The summed E-state index contributed by atoms with van der Waals surface area (Å²) in [4.78, 5) is 0. The van der Waals surface area contributed by atoms with Crippen molar-refractivity contribution in [2.24, 2.45) is 0 Å². The number of rotatable bonds is 28. The molecule has 7 aromatic carbocycles. The van der Waals surface area contributed by atoms with Crippen LogP contribution in [0.15, 0.2) is 170 Å². The lowest BCUT2D eigenvalue weighted by Gasteiger charge is -2.15. The summed E-state index contributed by atoms with van der Waals surface area (Å²) < 4.78 is 13.3. The minimum Gasteiger partial charge on any atom is -0.493 e. The van der Waals surface area contributed by atoms with Gasteiger partial charge >= 0.3 is 0 Å². The van der Waals surface area contributed by atoms with E-state index in [1.165, 1.54) is 97.6 Å². The summed E-state index contributed by atoms with van der Waals surface area (Å²) in [7, 11) is 0. The molecule has 0 saturated carbocycles. The Morgan fingerprint density at radius 2 is 0.472 bits per heavy atom. The summed E-state index contributed by atoms with van der Waals surface area (Å²) in [5.41, 5.74) is 13.7. The maximum absolute atomic E-state index is 6.65. The summed E-state index contributed by atoms with van der Waals surface area (Å²) in [6, 6.07) is 60.0. The number of benzene rings is 7. The molecule has 72 heavy (non-hydrogen) atoms. The minimum absolute atomic E-state index is 0.687. The van der Waals surface area contributed by atoms with Crippen molar-refractivity contribution in [2.45, 2.75) is 90.9 Å². The summed E-state index contributed by atoms with van der Waals surface area (Å²) in [6.45, 7) is 5.91. The van der Waals surface area contributed by atoms with E-state index >= 15 is 0 Å². The number of hydrogen-bond acceptors (Lipinski definition) is 2. The molecule has 366 valence electrons. The van der Waals surface area contributed by atoms with Crippen LogP contribution in [0.4, 0.5) is 0 Å². The average molecular weight is 947 g/mol. The van der Waals surface area contributed by atoms with E-state index in [-0.39, 0.29) is 0 Å². The molecule has 0 bridgehead atoms. The molecule has 0 aliphatic carbocycles. The zero-order valence-electron chi connectivity index (χ0n) is 42.8. The Labute approximate surface area is 432 Å². The predicted octanol–water partition coefficient (Wildman–Crippen LogP) is 20.2. The maximum atomic E-state index is 6.65. The molecule has 0 fully saturated rings. The molecular weight excluding hydrogens is 873 g/mol. The summed E-state index contributed by atoms with van der Waals surface area (Å²) in [5.74, 6) is 1.77. The lowest BCUT2D eigenvalue weighted by molar-refractivity contribution is 0.295. The van der Waals surface area contributed by atoms with Gasteiger partial charge in [-0.2, -0.15) is 0 Å². The first kappa shape index (κ1) is 52.4. The quantitative estimate of drug-likeness (QED) is 0.0360. The lowest BCUT2D eigenvalue weighted by atomic mass is 10.0. The zero-order chi connectivity index (χ0) is 49.7. The van der Waals surface area contributed by atoms with E-state index < -0.39 is 0 Å². The normalized spacial score (nSPS) is 11.9. The topological polar surface area (TPSA) is 18.5 Å². The van der Waals surface area contributed by atoms with Crippen molar-refractivity contribution in [2.75, 3.05) is 13.2 Å². The molecular formula is C70H74O2. The van der Waals surface area contributed by atoms with Gasteiger partial charge in [0, 0.05) is 11.1 Å². The molecule has 0 aliphatic rings. The van der Waals surface area contributed by atoms with Crippen molar-refractivity contribution in [3.05, 3.63) is 237 Å². The van der Waals surface area contributed by atoms with Crippen LogP contribution < -0.4 is 9.47 Å². The van der Waals surface area contributed by atoms with Gasteiger partial charge in [0.15, 0.2) is 0 Å². The Balaban J connectivity index is 1.04. The van der Waals surface area contributed by atoms with E-state index in [1.54, 1.807) is 0 Å². The Bertz CT molecular complexity index is 2610. The Kier molecular flexibility index (Phi) is 22.1. The molecule has 2 heteroatoms. The van der Waals surface area contributed by atoms with E-state index in [2.05, 4.69) is 244 Å². The summed E-state index contributed by atoms with van der Waals surface area (Å²) in [5, 5.41) is 0. The fourth-order valence-electron chi connectivity index (χ4n) is 8.37. The van der Waals surface area contributed by atoms with Crippen LogP contribution in [0.1, 0.15) is 158 Å². The van der Waals surface area contributed by atoms with Crippen LogP contribution in [0.25, 0.3) is 72.9 Å². The van der Waals surface area contributed by atoms with Crippen LogP contribution in [0.2, 0.25) is 0 Å². The van der Waals surface area contributed by atoms with Gasteiger partial charge < -0.3 is 9.47 Å². The standard InChI is InChI=1S/C70H74O2/c1-3-5-7-9-11-19-53-71-69-55-68(52-50-66-47-43-64(44-48-66)40-38-62-35-31-60(32-36-62)28-26-58-23-17-14-18-24-58)70(72-54-20-12-10-8-6-4-2)56-67(69)51-49-65-45-41-63(42-46-65)39-37-61-33-29-59(30-34-61)27-25-57-21-15-13-16-22-57/h13-18,21-52,55-56H,3-12,19-20,53-54H2,1-2H3/b27-25+,28-26+,39-37+,40-38+,51-49+,52-50+. The first-order chi connectivity index (χ1) is 35.6. The van der Waals surface area contributed by atoms with Crippen molar-refractivity contribution in [1.82, 2.24) is 0 Å². The smallest absolute Gasteiger partial charge is 0.127 e. The lowest BCUT2D eigenvalue weighted by Crippen LogP contribution is -2.03. The second-order valence-electron chi connectivity index (χ2n) is 18.6. The van der Waals surface area contributed by atoms with Gasteiger partial charge in [0.1, 0.15) is 11.5 Å². The van der Waals surface area contributed by atoms with E-state index in [0.717, 1.165) is 57.7 Å². The summed E-state index contributed by atoms with van der Waals surface area (Å²) in [6.07, 6.45) is 40.7. The first-order valence-electron chi connectivity index (χ1n) is 26.6. The van der Waals surface area contributed by atoms with Crippen molar-refractivity contribution >= 4 is 72.9 Å².